The molecule has 0 radical (unpaired) electrons. The third-order valence-electron chi connectivity index (χ3n) is 4.30. The Balaban J connectivity index is 1.88. The zero-order chi connectivity index (χ0) is 13.0. The van der Waals surface area contributed by atoms with Gasteiger partial charge in [-0.2, -0.15) is 0 Å². The summed E-state index contributed by atoms with van der Waals surface area (Å²) in [5, 5.41) is 8.98. The maximum Gasteiger partial charge on any atom is 0.306 e. The fourth-order valence-electron chi connectivity index (χ4n) is 3.16. The molecule has 0 aromatic carbocycles. The summed E-state index contributed by atoms with van der Waals surface area (Å²) in [7, 11) is 0. The number of aliphatic carboxylic acids is 1. The number of carbonyl (C=O) groups is 2. The zero-order valence-corrected chi connectivity index (χ0v) is 10.9. The van der Waals surface area contributed by atoms with Crippen molar-refractivity contribution in [2.24, 2.45) is 11.8 Å². The lowest BCUT2D eigenvalue weighted by Crippen LogP contribution is -2.37. The molecule has 18 heavy (non-hydrogen) atoms. The molecule has 0 bridgehead atoms. The van der Waals surface area contributed by atoms with Gasteiger partial charge in [0.25, 0.3) is 0 Å². The Labute approximate surface area is 108 Å². The molecular formula is C14H23NO3. The van der Waals surface area contributed by atoms with Gasteiger partial charge in [0, 0.05) is 19.0 Å². The molecule has 102 valence electrons. The Morgan fingerprint density at radius 3 is 2.00 bits per heavy atom. The molecule has 1 aliphatic carbocycles. The highest BCUT2D eigenvalue weighted by atomic mass is 16.4. The van der Waals surface area contributed by atoms with E-state index in [9.17, 15) is 9.59 Å². The minimum Gasteiger partial charge on any atom is -0.481 e. The maximum absolute atomic E-state index is 12.4. The number of rotatable bonds is 2. The van der Waals surface area contributed by atoms with Gasteiger partial charge in [-0.3, -0.25) is 9.59 Å². The highest BCUT2D eigenvalue weighted by molar-refractivity contribution is 5.81. The molecule has 1 aliphatic heterocycles. The molecule has 0 aromatic heterocycles. The number of hydrogen-bond donors (Lipinski definition) is 1. The summed E-state index contributed by atoms with van der Waals surface area (Å²) < 4.78 is 0. The van der Waals surface area contributed by atoms with E-state index in [0.29, 0.717) is 12.8 Å². The number of amides is 1. The number of carboxylic acid groups (broad SMARTS) is 1. The summed E-state index contributed by atoms with van der Waals surface area (Å²) in [6.45, 7) is 1.74. The van der Waals surface area contributed by atoms with Gasteiger partial charge in [-0.15, -0.1) is 0 Å². The quantitative estimate of drug-likeness (QED) is 0.821. The van der Waals surface area contributed by atoms with E-state index >= 15 is 0 Å². The van der Waals surface area contributed by atoms with Gasteiger partial charge in [0.1, 0.15) is 0 Å². The highest BCUT2D eigenvalue weighted by Gasteiger charge is 2.35. The summed E-state index contributed by atoms with van der Waals surface area (Å²) >= 11 is 0. The van der Waals surface area contributed by atoms with E-state index in [2.05, 4.69) is 0 Å². The number of hydrogen-bond acceptors (Lipinski definition) is 2. The molecule has 2 aliphatic rings. The van der Waals surface area contributed by atoms with Gasteiger partial charge in [-0.1, -0.05) is 19.3 Å². The molecule has 4 nitrogen and oxygen atoms in total. The first kappa shape index (κ1) is 13.4. The lowest BCUT2D eigenvalue weighted by Gasteiger charge is -2.27. The van der Waals surface area contributed by atoms with Gasteiger partial charge in [-0.25, -0.2) is 0 Å². The van der Waals surface area contributed by atoms with E-state index in [4.69, 9.17) is 5.11 Å². The van der Waals surface area contributed by atoms with Crippen LogP contribution < -0.4 is 0 Å². The van der Waals surface area contributed by atoms with E-state index in [1.807, 2.05) is 4.90 Å². The van der Waals surface area contributed by atoms with Crippen molar-refractivity contribution in [3.8, 4) is 0 Å². The molecule has 1 amide bonds. The molecule has 0 aromatic rings. The Morgan fingerprint density at radius 2 is 1.44 bits per heavy atom. The van der Waals surface area contributed by atoms with Crippen molar-refractivity contribution in [2.45, 2.75) is 51.4 Å². The first-order chi connectivity index (χ1) is 8.68. The van der Waals surface area contributed by atoms with Gasteiger partial charge < -0.3 is 10.0 Å². The van der Waals surface area contributed by atoms with E-state index in [-0.39, 0.29) is 17.7 Å². The molecule has 2 rings (SSSR count). The van der Waals surface area contributed by atoms with Crippen LogP contribution in [0.15, 0.2) is 0 Å². The van der Waals surface area contributed by atoms with Gasteiger partial charge in [-0.05, 0) is 32.1 Å². The van der Waals surface area contributed by atoms with Crippen molar-refractivity contribution < 1.29 is 14.7 Å². The van der Waals surface area contributed by atoms with E-state index in [1.165, 1.54) is 19.3 Å². The number of carboxylic acids is 1. The number of likely N-dealkylation sites (tertiary alicyclic amines) is 1. The number of carbonyl (C=O) groups excluding carboxylic acids is 1. The molecule has 2 atom stereocenters. The SMILES string of the molecule is O=C(O)C1CCC(C(=O)N2CCCCCCC2)C1. The van der Waals surface area contributed by atoms with Crippen molar-refractivity contribution in [1.82, 2.24) is 4.90 Å². The summed E-state index contributed by atoms with van der Waals surface area (Å²) in [5.74, 6) is -0.863. The standard InChI is InChI=1S/C14H23NO3/c16-13(11-6-7-12(10-11)14(17)18)15-8-4-2-1-3-5-9-15/h11-12H,1-10H2,(H,17,18). The summed E-state index contributed by atoms with van der Waals surface area (Å²) in [6, 6.07) is 0. The third-order valence-corrected chi connectivity index (χ3v) is 4.30. The first-order valence-electron chi connectivity index (χ1n) is 7.20. The van der Waals surface area contributed by atoms with Gasteiger partial charge in [0.05, 0.1) is 5.92 Å². The van der Waals surface area contributed by atoms with E-state index in [1.54, 1.807) is 0 Å². The van der Waals surface area contributed by atoms with Crippen LogP contribution in [-0.2, 0) is 9.59 Å². The smallest absolute Gasteiger partial charge is 0.306 e. The number of nitrogens with zero attached hydrogens (tertiary/aromatic N) is 1. The van der Waals surface area contributed by atoms with Crippen molar-refractivity contribution in [1.29, 1.82) is 0 Å². The van der Waals surface area contributed by atoms with Crippen LogP contribution in [0, 0.1) is 11.8 Å². The maximum atomic E-state index is 12.4. The average Bonchev–Trinajstić information content (AvgIpc) is 2.77. The largest absolute Gasteiger partial charge is 0.481 e. The Bertz CT molecular complexity index is 308. The second kappa shape index (κ2) is 6.21. The fourth-order valence-corrected chi connectivity index (χ4v) is 3.16. The first-order valence-corrected chi connectivity index (χ1v) is 7.20. The molecule has 1 N–H and O–H groups in total. The normalized spacial score (nSPS) is 29.7. The van der Waals surface area contributed by atoms with Crippen LogP contribution in [0.3, 0.4) is 0 Å². The Morgan fingerprint density at radius 1 is 0.889 bits per heavy atom. The molecule has 2 fully saturated rings. The van der Waals surface area contributed by atoms with Crippen molar-refractivity contribution in [3.05, 3.63) is 0 Å². The predicted molar refractivity (Wildman–Crippen MR) is 68.1 cm³/mol. The zero-order valence-electron chi connectivity index (χ0n) is 10.9. The molecule has 4 heteroatoms. The second-order valence-electron chi connectivity index (χ2n) is 5.64. The van der Waals surface area contributed by atoms with Crippen LogP contribution in [0.4, 0.5) is 0 Å². The minimum absolute atomic E-state index is 0.0365. The van der Waals surface area contributed by atoms with Gasteiger partial charge >= 0.3 is 5.97 Å². The van der Waals surface area contributed by atoms with Gasteiger partial charge in [0.15, 0.2) is 0 Å². The minimum atomic E-state index is -0.738. The highest BCUT2D eigenvalue weighted by Crippen LogP contribution is 2.32. The third kappa shape index (κ3) is 3.24. The van der Waals surface area contributed by atoms with Gasteiger partial charge in [0.2, 0.25) is 5.91 Å². The van der Waals surface area contributed by atoms with E-state index < -0.39 is 5.97 Å². The molecule has 1 saturated carbocycles. The topological polar surface area (TPSA) is 57.6 Å². The molecular weight excluding hydrogens is 230 g/mol. The molecule has 2 unspecified atom stereocenters. The second-order valence-corrected chi connectivity index (χ2v) is 5.64. The molecule has 1 saturated heterocycles. The van der Waals surface area contributed by atoms with Crippen LogP contribution in [0.5, 0.6) is 0 Å². The van der Waals surface area contributed by atoms with Crippen molar-refractivity contribution in [2.75, 3.05) is 13.1 Å². The van der Waals surface area contributed by atoms with E-state index in [0.717, 1.165) is 32.4 Å². The van der Waals surface area contributed by atoms with Crippen LogP contribution >= 0.6 is 0 Å². The predicted octanol–water partition coefficient (Wildman–Crippen LogP) is 2.28. The lowest BCUT2D eigenvalue weighted by molar-refractivity contribution is -0.141. The summed E-state index contributed by atoms with van der Waals surface area (Å²) in [4.78, 5) is 25.3. The molecule has 0 spiro atoms. The van der Waals surface area contributed by atoms with Crippen molar-refractivity contribution in [3.63, 3.8) is 0 Å². The lowest BCUT2D eigenvalue weighted by atomic mass is 10.0. The van der Waals surface area contributed by atoms with Crippen LogP contribution in [0.25, 0.3) is 0 Å². The Hall–Kier alpha value is -1.06. The fraction of sp³-hybridized carbons (Fsp3) is 0.857. The summed E-state index contributed by atoms with van der Waals surface area (Å²) in [6.07, 6.45) is 7.88. The van der Waals surface area contributed by atoms with Crippen molar-refractivity contribution >= 4 is 11.9 Å². The monoisotopic (exact) mass is 253 g/mol. The Kier molecular flexibility index (Phi) is 4.61. The van der Waals surface area contributed by atoms with Crippen LogP contribution in [0.1, 0.15) is 51.4 Å². The molecule has 1 heterocycles. The summed E-state index contributed by atoms with van der Waals surface area (Å²) in [5.41, 5.74) is 0. The van der Waals surface area contributed by atoms with Crippen LogP contribution in [0.2, 0.25) is 0 Å². The van der Waals surface area contributed by atoms with Crippen LogP contribution in [-0.4, -0.2) is 35.0 Å². The average molecular weight is 253 g/mol.